The third-order valence-electron chi connectivity index (χ3n) is 4.44. The second-order valence-electron chi connectivity index (χ2n) is 7.92. The number of hydrogen-bond acceptors (Lipinski definition) is 4. The van der Waals surface area contributed by atoms with Crippen LogP contribution in [0.15, 0.2) is 29.1 Å². The summed E-state index contributed by atoms with van der Waals surface area (Å²) in [5.41, 5.74) is 0.641. The summed E-state index contributed by atoms with van der Waals surface area (Å²) in [5.74, 6) is 0.905. The summed E-state index contributed by atoms with van der Waals surface area (Å²) >= 11 is 0. The predicted octanol–water partition coefficient (Wildman–Crippen LogP) is 2.00. The number of carbonyl (C=O) groups is 1. The van der Waals surface area contributed by atoms with Gasteiger partial charge in [0.1, 0.15) is 5.82 Å². The molecule has 1 N–H and O–H groups in total. The number of piperazine rings is 1. The highest BCUT2D eigenvalue weighted by Crippen LogP contribution is 2.20. The van der Waals surface area contributed by atoms with Gasteiger partial charge in [0.15, 0.2) is 0 Å². The monoisotopic (exact) mass is 342 g/mol. The number of nitrogens with one attached hydrogen (secondary N) is 1. The molecule has 0 radical (unpaired) electrons. The number of rotatable bonds is 3. The zero-order chi connectivity index (χ0) is 18.0. The largest absolute Gasteiger partial charge is 0.340 e. The van der Waals surface area contributed by atoms with Crippen molar-refractivity contribution in [2.75, 3.05) is 26.2 Å². The molecule has 1 aliphatic heterocycles. The Balaban J connectivity index is 1.61. The maximum absolute atomic E-state index is 12.3. The van der Waals surface area contributed by atoms with Gasteiger partial charge in [-0.1, -0.05) is 32.9 Å². The van der Waals surface area contributed by atoms with E-state index in [1.165, 1.54) is 0 Å². The molecule has 1 aliphatic rings. The SMILES string of the molecule is CC(C)(C)CC(=O)N1CCN(Cc2nc3ccccc3c(=O)[nH]2)CC1. The van der Waals surface area contributed by atoms with Gasteiger partial charge in [0.2, 0.25) is 5.91 Å². The van der Waals surface area contributed by atoms with Crippen LogP contribution in [0.4, 0.5) is 0 Å². The number of fused-ring (bicyclic) bond motifs is 1. The van der Waals surface area contributed by atoms with Gasteiger partial charge in [-0.3, -0.25) is 14.5 Å². The molecule has 0 saturated carbocycles. The van der Waals surface area contributed by atoms with E-state index in [1.54, 1.807) is 6.07 Å². The molecule has 25 heavy (non-hydrogen) atoms. The molecule has 3 rings (SSSR count). The molecule has 1 aromatic heterocycles. The number of nitrogens with zero attached hydrogens (tertiary/aromatic N) is 3. The summed E-state index contributed by atoms with van der Waals surface area (Å²) in [4.78, 5) is 36.1. The molecule has 1 saturated heterocycles. The number of H-pyrrole nitrogens is 1. The second-order valence-corrected chi connectivity index (χ2v) is 7.92. The first kappa shape index (κ1) is 17.6. The minimum Gasteiger partial charge on any atom is -0.340 e. The van der Waals surface area contributed by atoms with Crippen LogP contribution in [0.25, 0.3) is 10.9 Å². The zero-order valence-electron chi connectivity index (χ0n) is 15.2. The molecule has 134 valence electrons. The van der Waals surface area contributed by atoms with E-state index in [2.05, 4.69) is 35.6 Å². The minimum absolute atomic E-state index is 0.0166. The van der Waals surface area contributed by atoms with Crippen molar-refractivity contribution < 1.29 is 4.79 Å². The topological polar surface area (TPSA) is 69.3 Å². The van der Waals surface area contributed by atoms with Gasteiger partial charge < -0.3 is 9.88 Å². The Labute approximate surface area is 147 Å². The first-order valence-corrected chi connectivity index (χ1v) is 8.80. The maximum Gasteiger partial charge on any atom is 0.258 e. The van der Waals surface area contributed by atoms with E-state index in [1.807, 2.05) is 23.1 Å². The minimum atomic E-state index is -0.0976. The summed E-state index contributed by atoms with van der Waals surface area (Å²) in [7, 11) is 0. The molecule has 0 aliphatic carbocycles. The normalized spacial score (nSPS) is 16.4. The van der Waals surface area contributed by atoms with Gasteiger partial charge in [-0.2, -0.15) is 0 Å². The van der Waals surface area contributed by atoms with E-state index >= 15 is 0 Å². The number of para-hydroxylation sites is 1. The number of aromatic nitrogens is 2. The molecule has 0 bridgehead atoms. The molecule has 6 heteroatoms. The van der Waals surface area contributed by atoms with Gasteiger partial charge in [-0.25, -0.2) is 4.98 Å². The quantitative estimate of drug-likeness (QED) is 0.926. The van der Waals surface area contributed by atoms with Crippen LogP contribution >= 0.6 is 0 Å². The first-order chi connectivity index (χ1) is 11.8. The Hall–Kier alpha value is -2.21. The van der Waals surface area contributed by atoms with Crippen LogP contribution in [0.5, 0.6) is 0 Å². The standard InChI is InChI=1S/C19H26N4O2/c1-19(2,3)12-17(24)23-10-8-22(9-11-23)13-16-20-15-7-5-4-6-14(15)18(25)21-16/h4-7H,8-13H2,1-3H3,(H,20,21,25). The van der Waals surface area contributed by atoms with E-state index in [-0.39, 0.29) is 16.9 Å². The molecular formula is C19H26N4O2. The third kappa shape index (κ3) is 4.45. The fraction of sp³-hybridized carbons (Fsp3) is 0.526. The van der Waals surface area contributed by atoms with Gasteiger partial charge in [-0.15, -0.1) is 0 Å². The Morgan fingerprint density at radius 2 is 1.84 bits per heavy atom. The van der Waals surface area contributed by atoms with Crippen molar-refractivity contribution >= 4 is 16.8 Å². The first-order valence-electron chi connectivity index (χ1n) is 8.80. The van der Waals surface area contributed by atoms with Crippen LogP contribution in [0, 0.1) is 5.41 Å². The average molecular weight is 342 g/mol. The number of carbonyl (C=O) groups excluding carboxylic acids is 1. The fourth-order valence-corrected chi connectivity index (χ4v) is 3.14. The second kappa shape index (κ2) is 6.96. The smallest absolute Gasteiger partial charge is 0.258 e. The van der Waals surface area contributed by atoms with Crippen molar-refractivity contribution in [3.05, 3.63) is 40.4 Å². The Bertz CT molecular complexity index is 814. The highest BCUT2D eigenvalue weighted by molar-refractivity contribution is 5.77. The van der Waals surface area contributed by atoms with E-state index in [4.69, 9.17) is 0 Å². The van der Waals surface area contributed by atoms with Crippen LogP contribution in [0.1, 0.15) is 33.0 Å². The van der Waals surface area contributed by atoms with Crippen LogP contribution in [0.2, 0.25) is 0 Å². The van der Waals surface area contributed by atoms with Crippen molar-refractivity contribution in [1.82, 2.24) is 19.8 Å². The molecule has 2 aromatic rings. The summed E-state index contributed by atoms with van der Waals surface area (Å²) in [6.07, 6.45) is 0.576. The number of hydrogen-bond donors (Lipinski definition) is 1. The van der Waals surface area contributed by atoms with Crippen molar-refractivity contribution in [3.63, 3.8) is 0 Å². The molecular weight excluding hydrogens is 316 g/mol. The average Bonchev–Trinajstić information content (AvgIpc) is 2.54. The van der Waals surface area contributed by atoms with Crippen LogP contribution < -0.4 is 5.56 Å². The number of benzene rings is 1. The summed E-state index contributed by atoms with van der Waals surface area (Å²) < 4.78 is 0. The fourth-order valence-electron chi connectivity index (χ4n) is 3.14. The lowest BCUT2D eigenvalue weighted by Gasteiger charge is -2.35. The molecule has 2 heterocycles. The Morgan fingerprint density at radius 3 is 2.52 bits per heavy atom. The van der Waals surface area contributed by atoms with Gasteiger partial charge in [0.05, 0.1) is 17.4 Å². The Morgan fingerprint density at radius 1 is 1.16 bits per heavy atom. The maximum atomic E-state index is 12.3. The van der Waals surface area contributed by atoms with Crippen molar-refractivity contribution in [2.24, 2.45) is 5.41 Å². The Kier molecular flexibility index (Phi) is 4.90. The van der Waals surface area contributed by atoms with Gasteiger partial charge in [0.25, 0.3) is 5.56 Å². The van der Waals surface area contributed by atoms with Gasteiger partial charge >= 0.3 is 0 Å². The number of aromatic amines is 1. The van der Waals surface area contributed by atoms with Crippen LogP contribution in [-0.2, 0) is 11.3 Å². The molecule has 6 nitrogen and oxygen atoms in total. The third-order valence-corrected chi connectivity index (χ3v) is 4.44. The predicted molar refractivity (Wildman–Crippen MR) is 98.3 cm³/mol. The van der Waals surface area contributed by atoms with Crippen LogP contribution in [0.3, 0.4) is 0 Å². The van der Waals surface area contributed by atoms with Crippen molar-refractivity contribution in [2.45, 2.75) is 33.7 Å². The lowest BCUT2D eigenvalue weighted by Crippen LogP contribution is -2.49. The van der Waals surface area contributed by atoms with Gasteiger partial charge in [-0.05, 0) is 17.5 Å². The number of amides is 1. The van der Waals surface area contributed by atoms with E-state index in [0.29, 0.717) is 24.2 Å². The molecule has 1 amide bonds. The highest BCUT2D eigenvalue weighted by atomic mass is 16.2. The lowest BCUT2D eigenvalue weighted by molar-refractivity contribution is -0.134. The van der Waals surface area contributed by atoms with Crippen LogP contribution in [-0.4, -0.2) is 51.9 Å². The summed E-state index contributed by atoms with van der Waals surface area (Å²) in [6.45, 7) is 9.91. The molecule has 1 fully saturated rings. The summed E-state index contributed by atoms with van der Waals surface area (Å²) in [5, 5.41) is 0.615. The van der Waals surface area contributed by atoms with E-state index in [9.17, 15) is 9.59 Å². The van der Waals surface area contributed by atoms with Crippen molar-refractivity contribution in [1.29, 1.82) is 0 Å². The molecule has 1 aromatic carbocycles. The molecule has 0 unspecified atom stereocenters. The molecule has 0 spiro atoms. The lowest BCUT2D eigenvalue weighted by atomic mass is 9.91. The zero-order valence-corrected chi connectivity index (χ0v) is 15.2. The highest BCUT2D eigenvalue weighted by Gasteiger charge is 2.25. The molecule has 0 atom stereocenters. The van der Waals surface area contributed by atoms with Crippen molar-refractivity contribution in [3.8, 4) is 0 Å². The summed E-state index contributed by atoms with van der Waals surface area (Å²) in [6, 6.07) is 7.37. The van der Waals surface area contributed by atoms with E-state index < -0.39 is 0 Å². The van der Waals surface area contributed by atoms with Gasteiger partial charge in [0, 0.05) is 32.6 Å². The van der Waals surface area contributed by atoms with E-state index in [0.717, 1.165) is 31.7 Å².